The fourth-order valence-corrected chi connectivity index (χ4v) is 2.32. The number of benzene rings is 1. The molecular formula is C13H20ClN5O. The van der Waals surface area contributed by atoms with Crippen molar-refractivity contribution in [2.24, 2.45) is 16.7 Å². The molecular weight excluding hydrogens is 278 g/mol. The number of nitrogens with zero attached hydrogens (tertiary/aromatic N) is 1. The van der Waals surface area contributed by atoms with E-state index in [1.54, 1.807) is 0 Å². The first-order valence-electron chi connectivity index (χ1n) is 6.54. The molecule has 110 valence electrons. The standard InChI is InChI=1S/C13H20ClN5O/c14-10-3-1-9(2-4-10)5-11-8-20-12(7-17-11)6-13(15)18-19-16/h1-4,11-12,17,19H,5-8,16H2,(H2,15,18)/t11?,12-/m0/s1. The number of nitrogens with one attached hydrogen (secondary N) is 2. The lowest BCUT2D eigenvalue weighted by atomic mass is 10.0. The van der Waals surface area contributed by atoms with Crippen molar-refractivity contribution in [3.63, 3.8) is 0 Å². The number of nitrogens with two attached hydrogens (primary N) is 2. The van der Waals surface area contributed by atoms with E-state index in [4.69, 9.17) is 27.9 Å². The van der Waals surface area contributed by atoms with Gasteiger partial charge in [-0.2, -0.15) is 5.10 Å². The fourth-order valence-electron chi connectivity index (χ4n) is 2.20. The number of morpholine rings is 1. The molecule has 0 aliphatic carbocycles. The van der Waals surface area contributed by atoms with E-state index in [9.17, 15) is 0 Å². The minimum Gasteiger partial charge on any atom is -0.386 e. The van der Waals surface area contributed by atoms with Gasteiger partial charge in [0.15, 0.2) is 0 Å². The molecule has 1 aliphatic heterocycles. The first kappa shape index (κ1) is 15.1. The number of hydrazine groups is 1. The van der Waals surface area contributed by atoms with Crippen LogP contribution in [0, 0.1) is 0 Å². The zero-order valence-corrected chi connectivity index (χ0v) is 11.9. The van der Waals surface area contributed by atoms with Crippen LogP contribution < -0.4 is 22.4 Å². The zero-order chi connectivity index (χ0) is 14.4. The van der Waals surface area contributed by atoms with Crippen LogP contribution in [0.5, 0.6) is 0 Å². The molecule has 20 heavy (non-hydrogen) atoms. The number of rotatable bonds is 5. The molecule has 1 heterocycles. The highest BCUT2D eigenvalue weighted by molar-refractivity contribution is 6.30. The van der Waals surface area contributed by atoms with E-state index >= 15 is 0 Å². The Morgan fingerprint density at radius 2 is 2.20 bits per heavy atom. The van der Waals surface area contributed by atoms with Crippen LogP contribution in [-0.4, -0.2) is 31.1 Å². The predicted octanol–water partition coefficient (Wildman–Crippen LogP) is 0.365. The van der Waals surface area contributed by atoms with Gasteiger partial charge < -0.3 is 15.8 Å². The van der Waals surface area contributed by atoms with Crippen LogP contribution in [-0.2, 0) is 11.2 Å². The van der Waals surface area contributed by atoms with E-state index < -0.39 is 0 Å². The van der Waals surface area contributed by atoms with Gasteiger partial charge in [0, 0.05) is 24.0 Å². The summed E-state index contributed by atoms with van der Waals surface area (Å²) in [5.41, 5.74) is 9.09. The normalized spacial score (nSPS) is 23.6. The average molecular weight is 298 g/mol. The third-order valence-corrected chi connectivity index (χ3v) is 3.46. The summed E-state index contributed by atoms with van der Waals surface area (Å²) >= 11 is 5.87. The van der Waals surface area contributed by atoms with Gasteiger partial charge in [-0.25, -0.2) is 11.4 Å². The van der Waals surface area contributed by atoms with E-state index in [-0.39, 0.29) is 6.10 Å². The maximum absolute atomic E-state index is 5.87. The first-order chi connectivity index (χ1) is 9.67. The second-order valence-electron chi connectivity index (χ2n) is 4.83. The van der Waals surface area contributed by atoms with Gasteiger partial charge >= 0.3 is 0 Å². The third kappa shape index (κ3) is 4.64. The lowest BCUT2D eigenvalue weighted by Crippen LogP contribution is -2.48. The molecule has 6 N–H and O–H groups in total. The molecule has 1 saturated heterocycles. The van der Waals surface area contributed by atoms with Crippen molar-refractivity contribution in [2.75, 3.05) is 13.2 Å². The van der Waals surface area contributed by atoms with Crippen molar-refractivity contribution in [1.82, 2.24) is 10.9 Å². The molecule has 0 bridgehead atoms. The number of amidine groups is 1. The molecule has 0 amide bonds. The minimum atomic E-state index is 0.0357. The van der Waals surface area contributed by atoms with E-state index in [1.807, 2.05) is 24.3 Å². The highest BCUT2D eigenvalue weighted by atomic mass is 35.5. The summed E-state index contributed by atoms with van der Waals surface area (Å²) in [6.45, 7) is 1.40. The highest BCUT2D eigenvalue weighted by Crippen LogP contribution is 2.13. The topological polar surface area (TPSA) is 97.7 Å². The molecule has 7 heteroatoms. The summed E-state index contributed by atoms with van der Waals surface area (Å²) < 4.78 is 5.79. The molecule has 1 aromatic rings. The van der Waals surface area contributed by atoms with Gasteiger partial charge in [0.1, 0.15) is 5.84 Å². The maximum atomic E-state index is 5.87. The van der Waals surface area contributed by atoms with Gasteiger partial charge in [0.05, 0.1) is 12.7 Å². The summed E-state index contributed by atoms with van der Waals surface area (Å²) in [5.74, 6) is 5.51. The van der Waals surface area contributed by atoms with E-state index in [2.05, 4.69) is 16.0 Å². The van der Waals surface area contributed by atoms with Gasteiger partial charge in [-0.3, -0.25) is 0 Å². The van der Waals surface area contributed by atoms with Crippen molar-refractivity contribution >= 4 is 17.4 Å². The summed E-state index contributed by atoms with van der Waals surface area (Å²) in [5, 5.41) is 7.93. The number of hydrazone groups is 1. The lowest BCUT2D eigenvalue weighted by molar-refractivity contribution is 0.00866. The first-order valence-corrected chi connectivity index (χ1v) is 6.92. The smallest absolute Gasteiger partial charge is 0.123 e. The largest absolute Gasteiger partial charge is 0.386 e. The van der Waals surface area contributed by atoms with Gasteiger partial charge in [0.25, 0.3) is 0 Å². The van der Waals surface area contributed by atoms with Crippen molar-refractivity contribution in [3.8, 4) is 0 Å². The molecule has 2 atom stereocenters. The molecule has 0 spiro atoms. The number of hydrogen-bond donors (Lipinski definition) is 4. The van der Waals surface area contributed by atoms with E-state index in [0.717, 1.165) is 18.0 Å². The third-order valence-electron chi connectivity index (χ3n) is 3.21. The summed E-state index contributed by atoms with van der Waals surface area (Å²) in [6, 6.07) is 8.18. The average Bonchev–Trinajstić information content (AvgIpc) is 2.44. The minimum absolute atomic E-state index is 0.0357. The van der Waals surface area contributed by atoms with Crippen LogP contribution in [0.3, 0.4) is 0 Å². The van der Waals surface area contributed by atoms with Gasteiger partial charge in [-0.1, -0.05) is 23.7 Å². The Morgan fingerprint density at radius 3 is 2.80 bits per heavy atom. The quantitative estimate of drug-likeness (QED) is 0.272. The van der Waals surface area contributed by atoms with Crippen molar-refractivity contribution in [2.45, 2.75) is 25.0 Å². The zero-order valence-electron chi connectivity index (χ0n) is 11.2. The number of hydrogen-bond acceptors (Lipinski definition) is 5. The van der Waals surface area contributed by atoms with Gasteiger partial charge in [0.2, 0.25) is 0 Å². The van der Waals surface area contributed by atoms with Gasteiger partial charge in [-0.15, -0.1) is 0 Å². The monoisotopic (exact) mass is 297 g/mol. The summed E-state index contributed by atoms with van der Waals surface area (Å²) in [7, 11) is 0. The SMILES string of the molecule is NN/N=C(\N)C[C@H]1CNC(Cc2ccc(Cl)cc2)CO1. The van der Waals surface area contributed by atoms with Crippen molar-refractivity contribution in [1.29, 1.82) is 0 Å². The van der Waals surface area contributed by atoms with Crippen LogP contribution >= 0.6 is 11.6 Å². The molecule has 0 radical (unpaired) electrons. The van der Waals surface area contributed by atoms with Crippen LogP contribution in [0.2, 0.25) is 5.02 Å². The molecule has 0 saturated carbocycles. The molecule has 1 fully saturated rings. The lowest BCUT2D eigenvalue weighted by Gasteiger charge is -2.30. The summed E-state index contributed by atoms with van der Waals surface area (Å²) in [4.78, 5) is 0. The fraction of sp³-hybridized carbons (Fsp3) is 0.462. The van der Waals surface area contributed by atoms with Gasteiger partial charge in [-0.05, 0) is 24.1 Å². The molecule has 6 nitrogen and oxygen atoms in total. The van der Waals surface area contributed by atoms with E-state index in [0.29, 0.717) is 24.9 Å². The van der Waals surface area contributed by atoms with Crippen LogP contribution in [0.25, 0.3) is 0 Å². The molecule has 1 unspecified atom stereocenters. The van der Waals surface area contributed by atoms with Crippen LogP contribution in [0.15, 0.2) is 29.4 Å². The maximum Gasteiger partial charge on any atom is 0.123 e. The Balaban J connectivity index is 1.76. The number of ether oxygens (including phenoxy) is 1. The summed E-state index contributed by atoms with van der Waals surface area (Å²) in [6.07, 6.45) is 1.51. The molecule has 1 aliphatic rings. The Morgan fingerprint density at radius 1 is 1.45 bits per heavy atom. The Bertz CT molecular complexity index is 443. The van der Waals surface area contributed by atoms with Crippen LogP contribution in [0.4, 0.5) is 0 Å². The molecule has 1 aromatic carbocycles. The second-order valence-corrected chi connectivity index (χ2v) is 5.26. The second kappa shape index (κ2) is 7.44. The van der Waals surface area contributed by atoms with Crippen molar-refractivity contribution < 1.29 is 4.74 Å². The number of halogens is 1. The van der Waals surface area contributed by atoms with Crippen molar-refractivity contribution in [3.05, 3.63) is 34.9 Å². The Kier molecular flexibility index (Phi) is 5.60. The van der Waals surface area contributed by atoms with E-state index in [1.165, 1.54) is 5.56 Å². The highest BCUT2D eigenvalue weighted by Gasteiger charge is 2.22. The molecule has 2 rings (SSSR count). The molecule has 0 aromatic heterocycles. The van der Waals surface area contributed by atoms with Crippen LogP contribution in [0.1, 0.15) is 12.0 Å². The Labute approximate surface area is 123 Å². The predicted molar refractivity (Wildman–Crippen MR) is 80.2 cm³/mol. The Hall–Kier alpha value is -1.34.